The van der Waals surface area contributed by atoms with E-state index in [9.17, 15) is 19.1 Å². The molecule has 31 heavy (non-hydrogen) atoms. The van der Waals surface area contributed by atoms with Crippen LogP contribution >= 0.6 is 15.9 Å². The normalized spacial score (nSPS) is 15.6. The van der Waals surface area contributed by atoms with Crippen molar-refractivity contribution in [3.05, 3.63) is 70.0 Å². The summed E-state index contributed by atoms with van der Waals surface area (Å²) in [6.07, 6.45) is 5.83. The summed E-state index contributed by atoms with van der Waals surface area (Å²) in [4.78, 5) is 26.1. The fraction of sp³-hybridized carbons (Fsp3) is 0.333. The Morgan fingerprint density at radius 1 is 1.19 bits per heavy atom. The number of esters is 1. The molecule has 1 aliphatic carbocycles. The van der Waals surface area contributed by atoms with Gasteiger partial charge < -0.3 is 9.84 Å². The van der Waals surface area contributed by atoms with Crippen molar-refractivity contribution in [2.75, 3.05) is 12.0 Å². The summed E-state index contributed by atoms with van der Waals surface area (Å²) in [6.45, 7) is 0. The van der Waals surface area contributed by atoms with Crippen molar-refractivity contribution in [3.8, 4) is 0 Å². The Morgan fingerprint density at radius 3 is 2.61 bits per heavy atom. The Morgan fingerprint density at radius 2 is 1.94 bits per heavy atom. The fourth-order valence-corrected chi connectivity index (χ4v) is 4.13. The van der Waals surface area contributed by atoms with E-state index in [4.69, 9.17) is 0 Å². The number of nitrogens with zero attached hydrogens (tertiary/aromatic N) is 1. The summed E-state index contributed by atoms with van der Waals surface area (Å²) in [5.41, 5.74) is 1.09. The Hall–Kier alpha value is -2.51. The first-order chi connectivity index (χ1) is 14.9. The number of rotatable bonds is 6. The first-order valence-electron chi connectivity index (χ1n) is 10.2. The number of aliphatic hydroxyl groups is 1. The van der Waals surface area contributed by atoms with Gasteiger partial charge in [-0.05, 0) is 48.7 Å². The summed E-state index contributed by atoms with van der Waals surface area (Å²) < 4.78 is 19.8. The molecular formula is C24H25BrFNO4. The van der Waals surface area contributed by atoms with Gasteiger partial charge in [0, 0.05) is 27.7 Å². The largest absolute Gasteiger partial charge is 0.466 e. The van der Waals surface area contributed by atoms with Crippen molar-refractivity contribution in [1.29, 1.82) is 0 Å². The molecule has 2 aromatic carbocycles. The van der Waals surface area contributed by atoms with Crippen molar-refractivity contribution >= 4 is 39.6 Å². The SMILES string of the molecule is COC(=O)/C=C/c1cccc(N(C(=O)C2CCCCC2)C(O)c2ccc(Br)cc2F)c1. The number of methoxy groups -OCH3 is 1. The first kappa shape index (κ1) is 23.2. The lowest BCUT2D eigenvalue weighted by atomic mass is 9.88. The number of halogens is 2. The van der Waals surface area contributed by atoms with Gasteiger partial charge >= 0.3 is 5.97 Å². The number of benzene rings is 2. The lowest BCUT2D eigenvalue weighted by molar-refractivity contribution is -0.134. The molecule has 1 atom stereocenters. The molecule has 1 saturated carbocycles. The zero-order valence-corrected chi connectivity index (χ0v) is 18.8. The highest BCUT2D eigenvalue weighted by Gasteiger charge is 2.33. The van der Waals surface area contributed by atoms with E-state index in [1.807, 2.05) is 0 Å². The van der Waals surface area contributed by atoms with Crippen LogP contribution in [0.25, 0.3) is 6.08 Å². The van der Waals surface area contributed by atoms with Crippen LogP contribution in [-0.4, -0.2) is 24.1 Å². The third-order valence-corrected chi connectivity index (χ3v) is 5.93. The van der Waals surface area contributed by atoms with E-state index in [0.717, 1.165) is 32.1 Å². The van der Waals surface area contributed by atoms with Crippen LogP contribution in [0.2, 0.25) is 0 Å². The van der Waals surface area contributed by atoms with Crippen LogP contribution in [0, 0.1) is 11.7 Å². The maximum Gasteiger partial charge on any atom is 0.330 e. The van der Waals surface area contributed by atoms with E-state index in [1.54, 1.807) is 36.4 Å². The molecule has 0 radical (unpaired) electrons. The highest BCUT2D eigenvalue weighted by atomic mass is 79.9. The molecule has 5 nitrogen and oxygen atoms in total. The molecule has 1 N–H and O–H groups in total. The number of anilines is 1. The second-order valence-electron chi connectivity index (χ2n) is 7.53. The average Bonchev–Trinajstić information content (AvgIpc) is 2.78. The molecule has 1 amide bonds. The zero-order valence-electron chi connectivity index (χ0n) is 17.3. The van der Waals surface area contributed by atoms with Gasteiger partial charge in [0.15, 0.2) is 6.23 Å². The summed E-state index contributed by atoms with van der Waals surface area (Å²) in [5, 5.41) is 11.1. The van der Waals surface area contributed by atoms with Gasteiger partial charge in [-0.3, -0.25) is 9.69 Å². The van der Waals surface area contributed by atoms with Crippen LogP contribution in [0.1, 0.15) is 49.5 Å². The molecule has 0 bridgehead atoms. The van der Waals surface area contributed by atoms with E-state index in [0.29, 0.717) is 15.7 Å². The van der Waals surface area contributed by atoms with Gasteiger partial charge in [-0.25, -0.2) is 9.18 Å². The summed E-state index contributed by atoms with van der Waals surface area (Å²) in [7, 11) is 1.29. The number of amides is 1. The van der Waals surface area contributed by atoms with Crippen LogP contribution in [0.5, 0.6) is 0 Å². The van der Waals surface area contributed by atoms with Crippen molar-refractivity contribution < 1.29 is 23.8 Å². The number of ether oxygens (including phenoxy) is 1. The molecule has 2 aromatic rings. The number of carbonyl (C=O) groups excluding carboxylic acids is 2. The highest BCUT2D eigenvalue weighted by Crippen LogP contribution is 2.34. The Bertz CT molecular complexity index is 972. The van der Waals surface area contributed by atoms with Crippen molar-refractivity contribution in [1.82, 2.24) is 0 Å². The van der Waals surface area contributed by atoms with E-state index in [2.05, 4.69) is 20.7 Å². The fourth-order valence-electron chi connectivity index (χ4n) is 3.80. The van der Waals surface area contributed by atoms with Gasteiger partial charge in [0.25, 0.3) is 0 Å². The van der Waals surface area contributed by atoms with Gasteiger partial charge in [0.2, 0.25) is 5.91 Å². The van der Waals surface area contributed by atoms with Crippen LogP contribution in [-0.2, 0) is 14.3 Å². The predicted molar refractivity (Wildman–Crippen MR) is 121 cm³/mol. The van der Waals surface area contributed by atoms with Crippen LogP contribution < -0.4 is 4.90 Å². The maximum atomic E-state index is 14.6. The van der Waals surface area contributed by atoms with Crippen LogP contribution in [0.3, 0.4) is 0 Å². The predicted octanol–water partition coefficient (Wildman–Crippen LogP) is 5.38. The summed E-state index contributed by atoms with van der Waals surface area (Å²) in [6, 6.07) is 11.2. The molecule has 1 aliphatic rings. The lowest BCUT2D eigenvalue weighted by Gasteiger charge is -2.33. The van der Waals surface area contributed by atoms with Gasteiger partial charge in [-0.2, -0.15) is 0 Å². The maximum absolute atomic E-state index is 14.6. The second-order valence-corrected chi connectivity index (χ2v) is 8.45. The summed E-state index contributed by atoms with van der Waals surface area (Å²) >= 11 is 3.22. The molecule has 0 spiro atoms. The van der Waals surface area contributed by atoms with Gasteiger partial charge in [0.1, 0.15) is 5.82 Å². The number of hydrogen-bond donors (Lipinski definition) is 1. The third-order valence-electron chi connectivity index (χ3n) is 5.44. The van der Waals surface area contributed by atoms with Crippen molar-refractivity contribution in [3.63, 3.8) is 0 Å². The third kappa shape index (κ3) is 5.80. The van der Waals surface area contributed by atoms with E-state index in [1.165, 1.54) is 30.2 Å². The molecule has 164 valence electrons. The Labute approximate surface area is 189 Å². The molecule has 0 heterocycles. The van der Waals surface area contributed by atoms with Gasteiger partial charge in [0.05, 0.1) is 7.11 Å². The smallest absolute Gasteiger partial charge is 0.330 e. The highest BCUT2D eigenvalue weighted by molar-refractivity contribution is 9.10. The molecule has 7 heteroatoms. The van der Waals surface area contributed by atoms with Crippen molar-refractivity contribution in [2.24, 2.45) is 5.92 Å². The lowest BCUT2D eigenvalue weighted by Crippen LogP contribution is -2.40. The number of carbonyl (C=O) groups is 2. The number of hydrogen-bond acceptors (Lipinski definition) is 4. The van der Waals surface area contributed by atoms with E-state index >= 15 is 0 Å². The molecule has 3 rings (SSSR count). The number of aliphatic hydroxyl groups excluding tert-OH is 1. The zero-order chi connectivity index (χ0) is 22.4. The topological polar surface area (TPSA) is 66.8 Å². The van der Waals surface area contributed by atoms with Crippen LogP contribution in [0.15, 0.2) is 53.0 Å². The summed E-state index contributed by atoms with van der Waals surface area (Å²) in [5.74, 6) is -1.57. The van der Waals surface area contributed by atoms with E-state index < -0.39 is 18.0 Å². The van der Waals surface area contributed by atoms with Gasteiger partial charge in [-0.15, -0.1) is 0 Å². The molecular weight excluding hydrogens is 465 g/mol. The minimum absolute atomic E-state index is 0.0165. The molecule has 1 fully saturated rings. The quantitative estimate of drug-likeness (QED) is 0.336. The van der Waals surface area contributed by atoms with Crippen LogP contribution in [0.4, 0.5) is 10.1 Å². The average molecular weight is 490 g/mol. The van der Waals surface area contributed by atoms with Crippen molar-refractivity contribution in [2.45, 2.75) is 38.3 Å². The minimum atomic E-state index is -1.48. The molecule has 1 unspecified atom stereocenters. The molecule has 0 aliphatic heterocycles. The second kappa shape index (κ2) is 10.7. The van der Waals surface area contributed by atoms with Gasteiger partial charge in [-0.1, -0.05) is 53.4 Å². The Balaban J connectivity index is 2.00. The molecule has 0 aromatic heterocycles. The standard InChI is InChI=1S/C24H25BrFNO4/c1-31-22(28)13-10-16-6-5-9-19(14-16)27(23(29)17-7-3-2-4-8-17)24(30)20-12-11-18(25)15-21(20)26/h5-6,9-15,17,24,30H,2-4,7-8H2,1H3/b13-10+. The monoisotopic (exact) mass is 489 g/mol. The first-order valence-corrected chi connectivity index (χ1v) is 11.0. The minimum Gasteiger partial charge on any atom is -0.466 e. The Kier molecular flexibility index (Phi) is 7.98. The molecule has 0 saturated heterocycles. The van der Waals surface area contributed by atoms with E-state index in [-0.39, 0.29) is 17.4 Å².